The second kappa shape index (κ2) is 9.35. The van der Waals surface area contributed by atoms with Gasteiger partial charge in [-0.05, 0) is 19.4 Å². The highest BCUT2D eigenvalue weighted by molar-refractivity contribution is 5.67. The van der Waals surface area contributed by atoms with Crippen molar-refractivity contribution in [1.82, 2.24) is 5.32 Å². The largest absolute Gasteiger partial charge is 0.444 e. The number of hydrogen-bond donors (Lipinski definition) is 1. The average molecular weight is 267 g/mol. The lowest BCUT2D eigenvalue weighted by Gasteiger charge is -2.16. The number of carbonyl (C=O) groups excluding carboxylic acids is 1. The molecule has 0 heterocycles. The van der Waals surface area contributed by atoms with Crippen LogP contribution in [0.3, 0.4) is 0 Å². The van der Waals surface area contributed by atoms with Crippen molar-refractivity contribution in [2.24, 2.45) is 0 Å². The smallest absolute Gasteiger partial charge is 0.407 e. The molecule has 5 heteroatoms. The molecule has 0 aliphatic heterocycles. The lowest BCUT2D eigenvalue weighted by molar-refractivity contribution is -0.157. The maximum Gasteiger partial charge on any atom is 0.407 e. The number of amides is 1. The van der Waals surface area contributed by atoms with Gasteiger partial charge in [0.05, 0.1) is 0 Å². The minimum atomic E-state index is -0.502. The fraction of sp³-hybridized carbons (Fsp3) is 0.500. The van der Waals surface area contributed by atoms with Crippen molar-refractivity contribution in [1.29, 1.82) is 0 Å². The van der Waals surface area contributed by atoms with E-state index in [2.05, 4.69) is 5.32 Å². The number of benzene rings is 1. The van der Waals surface area contributed by atoms with Gasteiger partial charge in [0.1, 0.15) is 6.61 Å². The summed E-state index contributed by atoms with van der Waals surface area (Å²) in [6.07, 6.45) is -0.981. The highest BCUT2D eigenvalue weighted by atomic mass is 16.7. The summed E-state index contributed by atoms with van der Waals surface area (Å²) < 4.78 is 15.6. The van der Waals surface area contributed by atoms with Gasteiger partial charge in [-0.25, -0.2) is 4.79 Å². The molecule has 0 radical (unpaired) electrons. The molecule has 0 aliphatic rings. The molecule has 0 saturated heterocycles. The monoisotopic (exact) mass is 267 g/mol. The number of carbonyl (C=O) groups is 1. The van der Waals surface area contributed by atoms with Crippen LogP contribution in [0.5, 0.6) is 0 Å². The number of rotatable bonds is 8. The molecule has 0 saturated carbocycles. The van der Waals surface area contributed by atoms with Crippen LogP contribution in [0.15, 0.2) is 30.3 Å². The fourth-order valence-electron chi connectivity index (χ4n) is 1.48. The molecule has 1 amide bonds. The van der Waals surface area contributed by atoms with Crippen LogP contribution in [0.2, 0.25) is 0 Å². The van der Waals surface area contributed by atoms with Gasteiger partial charge >= 0.3 is 6.09 Å². The van der Waals surface area contributed by atoms with E-state index < -0.39 is 12.4 Å². The van der Waals surface area contributed by atoms with Gasteiger partial charge < -0.3 is 19.5 Å². The molecule has 0 spiro atoms. The van der Waals surface area contributed by atoms with Gasteiger partial charge in [-0.15, -0.1) is 0 Å². The first-order valence-corrected chi connectivity index (χ1v) is 6.44. The summed E-state index contributed by atoms with van der Waals surface area (Å²) in [7, 11) is 0. The third-order valence-corrected chi connectivity index (χ3v) is 2.34. The first-order valence-electron chi connectivity index (χ1n) is 6.44. The van der Waals surface area contributed by atoms with E-state index in [1.54, 1.807) is 0 Å². The molecule has 1 N–H and O–H groups in total. The molecule has 1 aromatic rings. The first-order chi connectivity index (χ1) is 9.26. The van der Waals surface area contributed by atoms with Gasteiger partial charge in [-0.3, -0.25) is 0 Å². The van der Waals surface area contributed by atoms with E-state index in [9.17, 15) is 4.79 Å². The molecule has 0 unspecified atom stereocenters. The third kappa shape index (κ3) is 6.79. The summed E-state index contributed by atoms with van der Waals surface area (Å²) in [5, 5.41) is 2.67. The topological polar surface area (TPSA) is 56.8 Å². The average Bonchev–Trinajstić information content (AvgIpc) is 2.44. The molecular weight excluding hydrogens is 246 g/mol. The quantitative estimate of drug-likeness (QED) is 0.734. The summed E-state index contributed by atoms with van der Waals surface area (Å²) in [6, 6.07) is 9.63. The Balaban J connectivity index is 2.23. The summed E-state index contributed by atoms with van der Waals surface area (Å²) in [5.74, 6) is 0. The van der Waals surface area contributed by atoms with Crippen LogP contribution in [0.25, 0.3) is 0 Å². The highest BCUT2D eigenvalue weighted by Crippen LogP contribution is 1.99. The molecule has 0 fully saturated rings. The highest BCUT2D eigenvalue weighted by Gasteiger charge is 2.11. The van der Waals surface area contributed by atoms with Crippen molar-refractivity contribution in [3.63, 3.8) is 0 Å². The van der Waals surface area contributed by atoms with Gasteiger partial charge in [0, 0.05) is 19.8 Å². The molecule has 0 aliphatic carbocycles. The zero-order valence-electron chi connectivity index (χ0n) is 11.4. The van der Waals surface area contributed by atoms with E-state index in [1.165, 1.54) is 0 Å². The number of alkyl carbamates (subject to hydrolysis) is 1. The van der Waals surface area contributed by atoms with Gasteiger partial charge in [0.15, 0.2) is 6.29 Å². The van der Waals surface area contributed by atoms with E-state index in [1.807, 2.05) is 44.2 Å². The maximum atomic E-state index is 11.5. The maximum absolute atomic E-state index is 11.5. The Bertz CT molecular complexity index is 350. The van der Waals surface area contributed by atoms with Crippen molar-refractivity contribution in [3.8, 4) is 0 Å². The van der Waals surface area contributed by atoms with Crippen LogP contribution >= 0.6 is 0 Å². The second-order valence-corrected chi connectivity index (χ2v) is 3.78. The molecule has 19 heavy (non-hydrogen) atoms. The first kappa shape index (κ1) is 15.5. The second-order valence-electron chi connectivity index (χ2n) is 3.78. The fourth-order valence-corrected chi connectivity index (χ4v) is 1.48. The van der Waals surface area contributed by atoms with Crippen molar-refractivity contribution >= 4 is 6.09 Å². The molecule has 0 atom stereocenters. The summed E-state index contributed by atoms with van der Waals surface area (Å²) >= 11 is 0. The molecule has 106 valence electrons. The third-order valence-electron chi connectivity index (χ3n) is 2.34. The van der Waals surface area contributed by atoms with Crippen LogP contribution in [-0.4, -0.2) is 32.2 Å². The number of ether oxygens (including phenoxy) is 3. The minimum absolute atomic E-state index is 0.0856. The van der Waals surface area contributed by atoms with E-state index in [0.29, 0.717) is 19.8 Å². The SMILES string of the molecule is CCOC(COC(=O)NCc1ccccc1)OCC. The summed E-state index contributed by atoms with van der Waals surface area (Å²) in [5.41, 5.74) is 1.02. The summed E-state index contributed by atoms with van der Waals surface area (Å²) in [4.78, 5) is 11.5. The Morgan fingerprint density at radius 3 is 2.37 bits per heavy atom. The lowest BCUT2D eigenvalue weighted by atomic mass is 10.2. The molecule has 0 bridgehead atoms. The molecule has 5 nitrogen and oxygen atoms in total. The van der Waals surface area contributed by atoms with Gasteiger partial charge in [0.2, 0.25) is 0 Å². The predicted octanol–water partition coefficient (Wildman–Crippen LogP) is 2.31. The van der Waals surface area contributed by atoms with E-state index in [4.69, 9.17) is 14.2 Å². The van der Waals surface area contributed by atoms with Crippen LogP contribution in [0.1, 0.15) is 19.4 Å². The normalized spacial score (nSPS) is 10.5. The standard InChI is InChI=1S/C14H21NO4/c1-3-17-13(18-4-2)11-19-14(16)15-10-12-8-6-5-7-9-12/h5-9,13H,3-4,10-11H2,1-2H3,(H,15,16). The van der Waals surface area contributed by atoms with E-state index in [-0.39, 0.29) is 6.61 Å². The summed E-state index contributed by atoms with van der Waals surface area (Å²) in [6.45, 7) is 5.28. The van der Waals surface area contributed by atoms with E-state index in [0.717, 1.165) is 5.56 Å². The van der Waals surface area contributed by atoms with Crippen molar-refractivity contribution in [2.75, 3.05) is 19.8 Å². The van der Waals surface area contributed by atoms with Crippen molar-refractivity contribution in [2.45, 2.75) is 26.7 Å². The van der Waals surface area contributed by atoms with Crippen LogP contribution < -0.4 is 5.32 Å². The van der Waals surface area contributed by atoms with Gasteiger partial charge in [-0.1, -0.05) is 30.3 Å². The Kier molecular flexibility index (Phi) is 7.62. The van der Waals surface area contributed by atoms with E-state index >= 15 is 0 Å². The lowest BCUT2D eigenvalue weighted by Crippen LogP contribution is -2.30. The van der Waals surface area contributed by atoms with Crippen molar-refractivity contribution in [3.05, 3.63) is 35.9 Å². The Labute approximate surface area is 113 Å². The predicted molar refractivity (Wildman–Crippen MR) is 71.7 cm³/mol. The van der Waals surface area contributed by atoms with Crippen LogP contribution in [0, 0.1) is 0 Å². The van der Waals surface area contributed by atoms with Crippen LogP contribution in [0.4, 0.5) is 4.79 Å². The van der Waals surface area contributed by atoms with Gasteiger partial charge in [-0.2, -0.15) is 0 Å². The Morgan fingerprint density at radius 1 is 1.16 bits per heavy atom. The zero-order chi connectivity index (χ0) is 13.9. The minimum Gasteiger partial charge on any atom is -0.444 e. The van der Waals surface area contributed by atoms with Crippen molar-refractivity contribution < 1.29 is 19.0 Å². The van der Waals surface area contributed by atoms with Crippen LogP contribution in [-0.2, 0) is 20.8 Å². The Morgan fingerprint density at radius 2 is 1.79 bits per heavy atom. The molecule has 1 rings (SSSR count). The number of nitrogens with one attached hydrogen (secondary N) is 1. The zero-order valence-corrected chi connectivity index (χ0v) is 11.4. The Hall–Kier alpha value is -1.59. The molecular formula is C14H21NO4. The molecule has 1 aromatic carbocycles. The number of hydrogen-bond acceptors (Lipinski definition) is 4. The van der Waals surface area contributed by atoms with Gasteiger partial charge in [0.25, 0.3) is 0 Å². The molecule has 0 aromatic heterocycles.